The molecule has 0 fully saturated rings. The highest BCUT2D eigenvalue weighted by Crippen LogP contribution is 2.26. The molecule has 0 bridgehead atoms. The van der Waals surface area contributed by atoms with E-state index in [0.717, 1.165) is 0 Å². The number of rotatable bonds is 4. The fourth-order valence-electron chi connectivity index (χ4n) is 1.81. The summed E-state index contributed by atoms with van der Waals surface area (Å²) in [5.74, 6) is -0.590. The van der Waals surface area contributed by atoms with Crippen molar-refractivity contribution in [3.05, 3.63) is 48.8 Å². The van der Waals surface area contributed by atoms with E-state index in [1.807, 2.05) is 18.2 Å². The summed E-state index contributed by atoms with van der Waals surface area (Å²) in [4.78, 5) is 22.8. The fraction of sp³-hybridized carbons (Fsp3) is 0.133. The third-order valence-electron chi connectivity index (χ3n) is 2.70. The second-order valence-electron chi connectivity index (χ2n) is 4.51. The molecule has 108 valence electrons. The van der Waals surface area contributed by atoms with Crippen LogP contribution in [0.1, 0.15) is 6.92 Å². The summed E-state index contributed by atoms with van der Waals surface area (Å²) in [6.07, 6.45) is 3.55. The first-order valence-electron chi connectivity index (χ1n) is 6.39. The number of hydrogen-bond donors (Lipinski definition) is 3. The van der Waals surface area contributed by atoms with Gasteiger partial charge in [-0.15, -0.1) is 0 Å². The van der Waals surface area contributed by atoms with E-state index in [9.17, 15) is 14.7 Å². The van der Waals surface area contributed by atoms with Crippen LogP contribution in [0.3, 0.4) is 0 Å². The van der Waals surface area contributed by atoms with Crippen LogP contribution in [0, 0.1) is 0 Å². The molecule has 0 atom stereocenters. The van der Waals surface area contributed by atoms with E-state index in [2.05, 4.69) is 10.6 Å². The zero-order valence-electron chi connectivity index (χ0n) is 11.5. The Hall–Kier alpha value is -2.89. The Kier molecular flexibility index (Phi) is 4.50. The molecular weight excluding hydrogens is 270 g/mol. The number of aromatic hydroxyl groups is 1. The van der Waals surface area contributed by atoms with Crippen LogP contribution in [0.2, 0.25) is 0 Å². The highest BCUT2D eigenvalue weighted by atomic mass is 16.3. The number of phenols is 1. The first-order valence-corrected chi connectivity index (χ1v) is 6.39. The van der Waals surface area contributed by atoms with Gasteiger partial charge < -0.3 is 15.7 Å². The highest BCUT2D eigenvalue weighted by molar-refractivity contribution is 5.93. The molecule has 0 aliphatic heterocycles. The Morgan fingerprint density at radius 2 is 1.86 bits per heavy atom. The van der Waals surface area contributed by atoms with Gasteiger partial charge in [-0.2, -0.15) is 4.57 Å². The molecule has 1 heterocycles. The summed E-state index contributed by atoms with van der Waals surface area (Å²) in [7, 11) is 0. The first kappa shape index (κ1) is 14.5. The van der Waals surface area contributed by atoms with E-state index in [4.69, 9.17) is 0 Å². The second-order valence-corrected chi connectivity index (χ2v) is 4.51. The molecular formula is C15H16N3O3+. The van der Waals surface area contributed by atoms with Crippen LogP contribution in [-0.4, -0.2) is 16.9 Å². The number of amides is 2. The normalized spacial score (nSPS) is 9.95. The molecule has 2 aromatic rings. The minimum Gasteiger partial charge on any atom is -0.506 e. The molecule has 21 heavy (non-hydrogen) atoms. The number of hydrogen-bond acceptors (Lipinski definition) is 3. The largest absolute Gasteiger partial charge is 0.506 e. The SMILES string of the molecule is CC(=O)Nc1ccc(NC(=O)C[n+]2ccccc2)c(O)c1. The Morgan fingerprint density at radius 1 is 1.14 bits per heavy atom. The van der Waals surface area contributed by atoms with Crippen molar-refractivity contribution in [3.8, 4) is 5.75 Å². The lowest BCUT2D eigenvalue weighted by Gasteiger charge is -2.08. The third-order valence-corrected chi connectivity index (χ3v) is 2.70. The van der Waals surface area contributed by atoms with Gasteiger partial charge in [-0.1, -0.05) is 6.07 Å². The quantitative estimate of drug-likeness (QED) is 0.585. The fourth-order valence-corrected chi connectivity index (χ4v) is 1.81. The lowest BCUT2D eigenvalue weighted by Crippen LogP contribution is -2.39. The van der Waals surface area contributed by atoms with Crippen molar-refractivity contribution in [2.75, 3.05) is 10.6 Å². The monoisotopic (exact) mass is 286 g/mol. The summed E-state index contributed by atoms with van der Waals surface area (Å²) in [6.45, 7) is 1.53. The van der Waals surface area contributed by atoms with Gasteiger partial charge in [-0.05, 0) is 12.1 Å². The highest BCUT2D eigenvalue weighted by Gasteiger charge is 2.11. The maximum absolute atomic E-state index is 11.9. The number of pyridine rings is 1. The van der Waals surface area contributed by atoms with Crippen molar-refractivity contribution < 1.29 is 19.3 Å². The molecule has 0 radical (unpaired) electrons. The first-order chi connectivity index (χ1) is 10.0. The molecule has 0 spiro atoms. The average Bonchev–Trinajstić information content (AvgIpc) is 2.42. The lowest BCUT2D eigenvalue weighted by atomic mass is 10.2. The van der Waals surface area contributed by atoms with E-state index in [1.54, 1.807) is 23.0 Å². The number of benzene rings is 1. The molecule has 1 aromatic heterocycles. The van der Waals surface area contributed by atoms with Gasteiger partial charge in [-0.3, -0.25) is 9.59 Å². The summed E-state index contributed by atoms with van der Waals surface area (Å²) >= 11 is 0. The van der Waals surface area contributed by atoms with Crippen molar-refractivity contribution in [2.24, 2.45) is 0 Å². The van der Waals surface area contributed by atoms with Gasteiger partial charge in [0.1, 0.15) is 5.75 Å². The van der Waals surface area contributed by atoms with Gasteiger partial charge in [0.2, 0.25) is 12.5 Å². The number of phenolic OH excluding ortho intramolecular Hbond substituents is 1. The molecule has 2 amide bonds. The smallest absolute Gasteiger partial charge is 0.290 e. The third kappa shape index (κ3) is 4.31. The summed E-state index contributed by atoms with van der Waals surface area (Å²) in [5.41, 5.74) is 0.765. The molecule has 6 nitrogen and oxygen atoms in total. The summed E-state index contributed by atoms with van der Waals surface area (Å²) in [6, 6.07) is 10.0. The number of aromatic nitrogens is 1. The number of nitrogens with zero attached hydrogens (tertiary/aromatic N) is 1. The maximum Gasteiger partial charge on any atom is 0.290 e. The molecule has 3 N–H and O–H groups in total. The number of anilines is 2. The van der Waals surface area contributed by atoms with E-state index in [1.165, 1.54) is 19.1 Å². The summed E-state index contributed by atoms with van der Waals surface area (Å²) in [5, 5.41) is 15.0. The van der Waals surface area contributed by atoms with Crippen molar-refractivity contribution in [3.63, 3.8) is 0 Å². The topological polar surface area (TPSA) is 82.3 Å². The Labute approximate surface area is 122 Å². The van der Waals surface area contributed by atoms with E-state index < -0.39 is 0 Å². The molecule has 0 aliphatic rings. The summed E-state index contributed by atoms with van der Waals surface area (Å²) < 4.78 is 1.72. The van der Waals surface area contributed by atoms with E-state index >= 15 is 0 Å². The number of carbonyl (C=O) groups is 2. The standard InChI is InChI=1S/C15H15N3O3/c1-11(19)16-12-5-6-13(14(20)9-12)17-15(21)10-18-7-3-2-4-8-18/h2-9H,10H2,1H3,(H2-,16,17,19,20,21)/p+1. The van der Waals surface area contributed by atoms with Crippen molar-refractivity contribution in [1.29, 1.82) is 0 Å². The van der Waals surface area contributed by atoms with Crippen LogP contribution in [0.25, 0.3) is 0 Å². The zero-order valence-corrected chi connectivity index (χ0v) is 11.5. The Balaban J connectivity index is 2.02. The predicted molar refractivity (Wildman–Crippen MR) is 77.7 cm³/mol. The van der Waals surface area contributed by atoms with Crippen LogP contribution in [0.5, 0.6) is 5.75 Å². The van der Waals surface area contributed by atoms with Crippen LogP contribution in [0.15, 0.2) is 48.8 Å². The van der Waals surface area contributed by atoms with Crippen LogP contribution in [-0.2, 0) is 16.1 Å². The Bertz CT molecular complexity index is 656. The van der Waals surface area contributed by atoms with Crippen molar-refractivity contribution in [2.45, 2.75) is 13.5 Å². The van der Waals surface area contributed by atoms with Gasteiger partial charge in [0, 0.05) is 30.8 Å². The van der Waals surface area contributed by atoms with Crippen LogP contribution in [0.4, 0.5) is 11.4 Å². The average molecular weight is 286 g/mol. The van der Waals surface area contributed by atoms with E-state index in [0.29, 0.717) is 11.4 Å². The van der Waals surface area contributed by atoms with Crippen molar-refractivity contribution >= 4 is 23.2 Å². The zero-order chi connectivity index (χ0) is 15.2. The molecule has 1 aromatic carbocycles. The predicted octanol–water partition coefficient (Wildman–Crippen LogP) is 1.28. The lowest BCUT2D eigenvalue weighted by molar-refractivity contribution is -0.684. The number of carbonyl (C=O) groups excluding carboxylic acids is 2. The van der Waals surface area contributed by atoms with Crippen LogP contribution >= 0.6 is 0 Å². The molecule has 0 unspecified atom stereocenters. The second kappa shape index (κ2) is 6.51. The molecule has 0 saturated carbocycles. The maximum atomic E-state index is 11.9. The molecule has 2 rings (SSSR count). The Morgan fingerprint density at radius 3 is 2.48 bits per heavy atom. The van der Waals surface area contributed by atoms with Gasteiger partial charge in [0.05, 0.1) is 5.69 Å². The molecule has 6 heteroatoms. The van der Waals surface area contributed by atoms with Gasteiger partial charge >= 0.3 is 0 Å². The minimum atomic E-state index is -0.256. The van der Waals surface area contributed by atoms with E-state index in [-0.39, 0.29) is 24.1 Å². The van der Waals surface area contributed by atoms with Gasteiger partial charge in [-0.25, -0.2) is 0 Å². The van der Waals surface area contributed by atoms with Crippen molar-refractivity contribution in [1.82, 2.24) is 0 Å². The minimum absolute atomic E-state index is 0.104. The molecule has 0 aliphatic carbocycles. The molecule has 0 saturated heterocycles. The van der Waals surface area contributed by atoms with Gasteiger partial charge in [0.15, 0.2) is 12.4 Å². The van der Waals surface area contributed by atoms with Gasteiger partial charge in [0.25, 0.3) is 5.91 Å². The number of nitrogens with one attached hydrogen (secondary N) is 2. The van der Waals surface area contributed by atoms with Crippen LogP contribution < -0.4 is 15.2 Å².